The van der Waals surface area contributed by atoms with E-state index in [0.29, 0.717) is 6.54 Å². The Morgan fingerprint density at radius 3 is 2.94 bits per heavy atom. The van der Waals surface area contributed by atoms with Crippen molar-refractivity contribution in [2.75, 3.05) is 5.32 Å². The number of anilines is 2. The Labute approximate surface area is 103 Å². The van der Waals surface area contributed by atoms with Gasteiger partial charge in [-0.1, -0.05) is 22.0 Å². The molecule has 3 nitrogen and oxygen atoms in total. The average molecular weight is 278 g/mol. The first-order chi connectivity index (χ1) is 7.79. The highest BCUT2D eigenvalue weighted by Gasteiger charge is 2.00. The van der Waals surface area contributed by atoms with Crippen LogP contribution in [0.2, 0.25) is 0 Å². The van der Waals surface area contributed by atoms with Crippen molar-refractivity contribution in [1.29, 1.82) is 0 Å². The molecule has 0 saturated carbocycles. The molecule has 0 aliphatic heterocycles. The van der Waals surface area contributed by atoms with E-state index in [4.69, 9.17) is 5.73 Å². The van der Waals surface area contributed by atoms with Gasteiger partial charge in [0.05, 0.1) is 0 Å². The third-order valence-corrected chi connectivity index (χ3v) is 2.72. The molecule has 4 heteroatoms. The Kier molecular flexibility index (Phi) is 3.54. The Balaban J connectivity index is 2.26. The number of hydrogen-bond acceptors (Lipinski definition) is 3. The first-order valence-corrected chi connectivity index (χ1v) is 5.74. The molecule has 2 aromatic rings. The lowest BCUT2D eigenvalue weighted by Crippen LogP contribution is -2.02. The number of nitrogens with zero attached hydrogens (tertiary/aromatic N) is 1. The van der Waals surface area contributed by atoms with Gasteiger partial charge in [-0.15, -0.1) is 0 Å². The maximum atomic E-state index is 5.64. The highest BCUT2D eigenvalue weighted by Crippen LogP contribution is 2.22. The van der Waals surface area contributed by atoms with E-state index < -0.39 is 0 Å². The highest BCUT2D eigenvalue weighted by molar-refractivity contribution is 9.10. The van der Waals surface area contributed by atoms with Crippen LogP contribution in [0.25, 0.3) is 0 Å². The lowest BCUT2D eigenvalue weighted by molar-refractivity contribution is 1.05. The van der Waals surface area contributed by atoms with Crippen LogP contribution in [-0.4, -0.2) is 4.98 Å². The van der Waals surface area contributed by atoms with Crippen LogP contribution in [0, 0.1) is 0 Å². The predicted octanol–water partition coefficient (Wildman–Crippen LogP) is 3.05. The minimum absolute atomic E-state index is 0.476. The van der Waals surface area contributed by atoms with Gasteiger partial charge in [0.15, 0.2) is 0 Å². The summed E-state index contributed by atoms with van der Waals surface area (Å²) in [5, 5.41) is 3.31. The summed E-state index contributed by atoms with van der Waals surface area (Å²) in [4.78, 5) is 4.05. The Hall–Kier alpha value is -1.39. The van der Waals surface area contributed by atoms with E-state index >= 15 is 0 Å². The Morgan fingerprint density at radius 2 is 2.19 bits per heavy atom. The summed E-state index contributed by atoms with van der Waals surface area (Å²) in [5.74, 6) is 0. The van der Waals surface area contributed by atoms with Crippen molar-refractivity contribution in [3.05, 3.63) is 52.8 Å². The van der Waals surface area contributed by atoms with Gasteiger partial charge in [0.1, 0.15) is 0 Å². The monoisotopic (exact) mass is 277 g/mol. The smallest absolute Gasteiger partial charge is 0.0460 e. The van der Waals surface area contributed by atoms with Gasteiger partial charge in [0.25, 0.3) is 0 Å². The fourth-order valence-corrected chi connectivity index (χ4v) is 1.83. The van der Waals surface area contributed by atoms with Gasteiger partial charge in [-0.2, -0.15) is 0 Å². The molecule has 0 unspecified atom stereocenters. The second kappa shape index (κ2) is 5.09. The van der Waals surface area contributed by atoms with E-state index in [-0.39, 0.29) is 0 Å². The van der Waals surface area contributed by atoms with Crippen molar-refractivity contribution in [1.82, 2.24) is 4.98 Å². The number of pyridine rings is 1. The summed E-state index contributed by atoms with van der Waals surface area (Å²) in [6.07, 6.45) is 3.53. The van der Waals surface area contributed by atoms with Gasteiger partial charge in [0, 0.05) is 40.3 Å². The van der Waals surface area contributed by atoms with Crippen molar-refractivity contribution < 1.29 is 0 Å². The van der Waals surface area contributed by atoms with E-state index in [1.807, 2.05) is 30.3 Å². The van der Waals surface area contributed by atoms with Crippen molar-refractivity contribution in [3.8, 4) is 0 Å². The Bertz CT molecular complexity index is 485. The van der Waals surface area contributed by atoms with Crippen LogP contribution in [0.5, 0.6) is 0 Å². The zero-order valence-corrected chi connectivity index (χ0v) is 10.2. The van der Waals surface area contributed by atoms with E-state index in [9.17, 15) is 0 Å². The molecule has 0 radical (unpaired) electrons. The lowest BCUT2D eigenvalue weighted by Gasteiger charge is -2.10. The van der Waals surface area contributed by atoms with Crippen molar-refractivity contribution >= 4 is 27.3 Å². The molecule has 82 valence electrons. The van der Waals surface area contributed by atoms with Gasteiger partial charge in [0.2, 0.25) is 0 Å². The molecule has 16 heavy (non-hydrogen) atoms. The number of halogens is 1. The molecule has 0 aliphatic rings. The number of benzene rings is 1. The topological polar surface area (TPSA) is 50.9 Å². The van der Waals surface area contributed by atoms with Crippen molar-refractivity contribution in [3.63, 3.8) is 0 Å². The van der Waals surface area contributed by atoms with E-state index in [2.05, 4.69) is 26.2 Å². The molecule has 0 bridgehead atoms. The molecule has 1 aromatic heterocycles. The van der Waals surface area contributed by atoms with Crippen LogP contribution in [0.4, 0.5) is 11.4 Å². The normalized spacial score (nSPS) is 10.1. The van der Waals surface area contributed by atoms with E-state index in [1.54, 1.807) is 12.4 Å². The number of hydrogen-bond donors (Lipinski definition) is 2. The standard InChI is InChI=1S/C12H12BrN3/c13-10-2-1-3-11(6-10)16-12-4-5-15-8-9(12)7-14/h1-6,8H,7,14H2,(H,15,16). The summed E-state index contributed by atoms with van der Waals surface area (Å²) < 4.78 is 1.04. The first-order valence-electron chi connectivity index (χ1n) is 4.95. The summed E-state index contributed by atoms with van der Waals surface area (Å²) in [5.41, 5.74) is 8.67. The minimum atomic E-state index is 0.476. The third-order valence-electron chi connectivity index (χ3n) is 2.23. The van der Waals surface area contributed by atoms with Gasteiger partial charge in [-0.05, 0) is 24.3 Å². The first kappa shape index (κ1) is 11.1. The number of nitrogens with two attached hydrogens (primary N) is 1. The van der Waals surface area contributed by atoms with E-state index in [1.165, 1.54) is 0 Å². The molecule has 3 N–H and O–H groups in total. The van der Waals surface area contributed by atoms with Gasteiger partial charge in [-0.25, -0.2) is 0 Å². The van der Waals surface area contributed by atoms with Crippen molar-refractivity contribution in [2.45, 2.75) is 6.54 Å². The lowest BCUT2D eigenvalue weighted by atomic mass is 10.2. The Morgan fingerprint density at radius 1 is 1.31 bits per heavy atom. The number of aromatic nitrogens is 1. The molecule has 0 fully saturated rings. The van der Waals surface area contributed by atoms with Gasteiger partial charge >= 0.3 is 0 Å². The molecular formula is C12H12BrN3. The van der Waals surface area contributed by atoms with Gasteiger partial charge < -0.3 is 11.1 Å². The summed E-state index contributed by atoms with van der Waals surface area (Å²) >= 11 is 3.43. The molecular weight excluding hydrogens is 266 g/mol. The van der Waals surface area contributed by atoms with E-state index in [0.717, 1.165) is 21.4 Å². The average Bonchev–Trinajstić information content (AvgIpc) is 2.30. The molecule has 1 aromatic carbocycles. The minimum Gasteiger partial charge on any atom is -0.355 e. The SMILES string of the molecule is NCc1cnccc1Nc1cccc(Br)c1. The molecule has 0 aliphatic carbocycles. The summed E-state index contributed by atoms with van der Waals surface area (Å²) in [7, 11) is 0. The van der Waals surface area contributed by atoms with Crippen LogP contribution in [0.15, 0.2) is 47.2 Å². The fourth-order valence-electron chi connectivity index (χ4n) is 1.43. The quantitative estimate of drug-likeness (QED) is 0.907. The molecule has 2 rings (SSSR count). The van der Waals surface area contributed by atoms with Crippen LogP contribution in [0.1, 0.15) is 5.56 Å². The van der Waals surface area contributed by atoms with Crippen LogP contribution < -0.4 is 11.1 Å². The van der Waals surface area contributed by atoms with Gasteiger partial charge in [-0.3, -0.25) is 4.98 Å². The summed E-state index contributed by atoms with van der Waals surface area (Å²) in [6.45, 7) is 0.476. The third kappa shape index (κ3) is 2.59. The molecule has 0 spiro atoms. The fraction of sp³-hybridized carbons (Fsp3) is 0.0833. The van der Waals surface area contributed by atoms with Crippen LogP contribution in [-0.2, 0) is 6.54 Å². The molecule has 0 saturated heterocycles. The van der Waals surface area contributed by atoms with Crippen molar-refractivity contribution in [2.24, 2.45) is 5.73 Å². The largest absolute Gasteiger partial charge is 0.355 e. The molecule has 1 heterocycles. The van der Waals surface area contributed by atoms with Crippen LogP contribution in [0.3, 0.4) is 0 Å². The molecule has 0 atom stereocenters. The number of rotatable bonds is 3. The maximum absolute atomic E-state index is 5.64. The second-order valence-electron chi connectivity index (χ2n) is 3.37. The maximum Gasteiger partial charge on any atom is 0.0460 e. The van der Waals surface area contributed by atoms with Crippen LogP contribution >= 0.6 is 15.9 Å². The highest BCUT2D eigenvalue weighted by atomic mass is 79.9. The number of nitrogens with one attached hydrogen (secondary N) is 1. The zero-order chi connectivity index (χ0) is 11.4. The zero-order valence-electron chi connectivity index (χ0n) is 8.65. The predicted molar refractivity (Wildman–Crippen MR) is 69.6 cm³/mol. The second-order valence-corrected chi connectivity index (χ2v) is 4.29. The summed E-state index contributed by atoms with van der Waals surface area (Å²) in [6, 6.07) is 9.91. The molecule has 0 amide bonds.